The Morgan fingerprint density at radius 2 is 1.65 bits per heavy atom. The van der Waals surface area contributed by atoms with Crippen molar-refractivity contribution in [1.82, 2.24) is 0 Å². The fraction of sp³-hybridized carbons (Fsp3) is 1.00. The van der Waals surface area contributed by atoms with Gasteiger partial charge in [0.1, 0.15) is 0 Å². The Kier molecular flexibility index (Phi) is 6.35. The van der Waals surface area contributed by atoms with E-state index in [1.165, 1.54) is 32.1 Å². The summed E-state index contributed by atoms with van der Waals surface area (Å²) in [6.45, 7) is 2.19. The lowest BCUT2D eigenvalue weighted by Crippen LogP contribution is -2.18. The predicted molar refractivity (Wildman–Crippen MR) is 64.9 cm³/mol. The minimum absolute atomic E-state index is 0.331. The fourth-order valence-electron chi connectivity index (χ4n) is 2.98. The molecule has 2 atom stereocenters. The first-order chi connectivity index (χ1) is 8.01. The highest BCUT2D eigenvalue weighted by molar-refractivity contribution is 4.74. The molecule has 0 nitrogen and oxygen atoms in total. The molecular formula is C14H25F3. The van der Waals surface area contributed by atoms with E-state index in [-0.39, 0.29) is 0 Å². The largest absolute Gasteiger partial charge is 0.389 e. The molecule has 1 aliphatic rings. The quantitative estimate of drug-likeness (QED) is 0.529. The van der Waals surface area contributed by atoms with E-state index in [4.69, 9.17) is 0 Å². The van der Waals surface area contributed by atoms with Crippen LogP contribution in [-0.4, -0.2) is 6.18 Å². The number of rotatable bonds is 6. The maximum absolute atomic E-state index is 12.2. The second-order valence-corrected chi connectivity index (χ2v) is 5.55. The van der Waals surface area contributed by atoms with Gasteiger partial charge in [0.05, 0.1) is 0 Å². The second kappa shape index (κ2) is 7.27. The van der Waals surface area contributed by atoms with Crippen LogP contribution < -0.4 is 0 Å². The molecule has 1 aliphatic carbocycles. The third kappa shape index (κ3) is 6.95. The molecule has 0 heterocycles. The van der Waals surface area contributed by atoms with Gasteiger partial charge in [-0.25, -0.2) is 0 Å². The average molecular weight is 250 g/mol. The topological polar surface area (TPSA) is 0 Å². The molecule has 0 spiro atoms. The third-order valence-corrected chi connectivity index (χ3v) is 3.94. The van der Waals surface area contributed by atoms with Crippen LogP contribution in [0.2, 0.25) is 0 Å². The van der Waals surface area contributed by atoms with Gasteiger partial charge in [0.2, 0.25) is 0 Å². The molecule has 0 saturated heterocycles. The van der Waals surface area contributed by atoms with Crippen LogP contribution in [0, 0.1) is 11.8 Å². The maximum Gasteiger partial charge on any atom is 0.389 e. The normalized spacial score (nSPS) is 26.1. The van der Waals surface area contributed by atoms with E-state index in [9.17, 15) is 13.2 Å². The Bertz CT molecular complexity index is 198. The van der Waals surface area contributed by atoms with Crippen molar-refractivity contribution in [2.45, 2.75) is 77.3 Å². The summed E-state index contributed by atoms with van der Waals surface area (Å²) in [5.41, 5.74) is 0. The van der Waals surface area contributed by atoms with Crippen LogP contribution in [0.25, 0.3) is 0 Å². The van der Waals surface area contributed by atoms with Crippen molar-refractivity contribution in [3.8, 4) is 0 Å². The molecule has 1 fully saturated rings. The van der Waals surface area contributed by atoms with Crippen LogP contribution in [0.3, 0.4) is 0 Å². The summed E-state index contributed by atoms with van der Waals surface area (Å²) in [5.74, 6) is 1.03. The number of hydrogen-bond acceptors (Lipinski definition) is 0. The first-order valence-electron chi connectivity index (χ1n) is 7.08. The van der Waals surface area contributed by atoms with Crippen LogP contribution >= 0.6 is 0 Å². The van der Waals surface area contributed by atoms with E-state index in [1.807, 2.05) is 0 Å². The zero-order valence-electron chi connectivity index (χ0n) is 10.9. The van der Waals surface area contributed by atoms with Crippen molar-refractivity contribution in [2.75, 3.05) is 0 Å². The van der Waals surface area contributed by atoms with Gasteiger partial charge in [-0.2, -0.15) is 13.2 Å². The molecule has 0 amide bonds. The van der Waals surface area contributed by atoms with Crippen molar-refractivity contribution >= 4 is 0 Å². The first-order valence-corrected chi connectivity index (χ1v) is 7.08. The van der Waals surface area contributed by atoms with Crippen LogP contribution in [-0.2, 0) is 0 Å². The zero-order chi connectivity index (χ0) is 12.7. The van der Waals surface area contributed by atoms with E-state index in [2.05, 4.69) is 6.92 Å². The van der Waals surface area contributed by atoms with Gasteiger partial charge in [0, 0.05) is 6.42 Å². The van der Waals surface area contributed by atoms with E-state index in [0.29, 0.717) is 18.3 Å². The molecule has 0 aromatic heterocycles. The summed E-state index contributed by atoms with van der Waals surface area (Å²) in [6.07, 6.45) is 5.23. The number of hydrogen-bond donors (Lipinski definition) is 0. The maximum atomic E-state index is 12.2. The SMILES string of the molecule is CCCCCC1CCCC(CCC(F)(F)F)C1. The zero-order valence-corrected chi connectivity index (χ0v) is 10.9. The number of halogens is 3. The Morgan fingerprint density at radius 1 is 1.00 bits per heavy atom. The molecule has 1 rings (SSSR count). The lowest BCUT2D eigenvalue weighted by atomic mass is 9.77. The lowest BCUT2D eigenvalue weighted by Gasteiger charge is -2.29. The molecule has 1 saturated carbocycles. The van der Waals surface area contributed by atoms with Crippen LogP contribution in [0.4, 0.5) is 13.2 Å². The van der Waals surface area contributed by atoms with Gasteiger partial charge in [-0.15, -0.1) is 0 Å². The first kappa shape index (κ1) is 14.8. The molecule has 0 aliphatic heterocycles. The lowest BCUT2D eigenvalue weighted by molar-refractivity contribution is -0.138. The van der Waals surface area contributed by atoms with Crippen molar-refractivity contribution < 1.29 is 13.2 Å². The Hall–Kier alpha value is -0.210. The third-order valence-electron chi connectivity index (χ3n) is 3.94. The molecule has 17 heavy (non-hydrogen) atoms. The van der Waals surface area contributed by atoms with E-state index < -0.39 is 12.6 Å². The van der Waals surface area contributed by atoms with Gasteiger partial charge in [0.25, 0.3) is 0 Å². The van der Waals surface area contributed by atoms with Crippen LogP contribution in [0.15, 0.2) is 0 Å². The van der Waals surface area contributed by atoms with Gasteiger partial charge in [-0.05, 0) is 24.7 Å². The molecule has 0 aromatic carbocycles. The monoisotopic (exact) mass is 250 g/mol. The van der Waals surface area contributed by atoms with E-state index >= 15 is 0 Å². The smallest absolute Gasteiger partial charge is 0.171 e. The van der Waals surface area contributed by atoms with Crippen molar-refractivity contribution in [1.29, 1.82) is 0 Å². The molecule has 0 bridgehead atoms. The minimum atomic E-state index is -3.96. The van der Waals surface area contributed by atoms with E-state index in [0.717, 1.165) is 19.3 Å². The molecule has 102 valence electrons. The Morgan fingerprint density at radius 3 is 2.24 bits per heavy atom. The minimum Gasteiger partial charge on any atom is -0.171 e. The molecule has 3 heteroatoms. The molecule has 0 radical (unpaired) electrons. The molecular weight excluding hydrogens is 225 g/mol. The summed E-state index contributed by atoms with van der Waals surface area (Å²) >= 11 is 0. The number of alkyl halides is 3. The summed E-state index contributed by atoms with van der Waals surface area (Å²) in [7, 11) is 0. The van der Waals surface area contributed by atoms with Crippen molar-refractivity contribution in [3.63, 3.8) is 0 Å². The number of unbranched alkanes of at least 4 members (excludes halogenated alkanes) is 2. The fourth-order valence-corrected chi connectivity index (χ4v) is 2.98. The highest BCUT2D eigenvalue weighted by atomic mass is 19.4. The van der Waals surface area contributed by atoms with Crippen molar-refractivity contribution in [3.05, 3.63) is 0 Å². The van der Waals surface area contributed by atoms with Gasteiger partial charge in [-0.3, -0.25) is 0 Å². The highest BCUT2D eigenvalue weighted by Gasteiger charge is 2.30. The highest BCUT2D eigenvalue weighted by Crippen LogP contribution is 2.36. The summed E-state index contributed by atoms with van der Waals surface area (Å²) in [4.78, 5) is 0. The molecule has 0 N–H and O–H groups in total. The van der Waals surface area contributed by atoms with Crippen molar-refractivity contribution in [2.24, 2.45) is 11.8 Å². The van der Waals surface area contributed by atoms with Gasteiger partial charge < -0.3 is 0 Å². The molecule has 0 aromatic rings. The standard InChI is InChI=1S/C14H25F3/c1-2-3-4-6-12-7-5-8-13(11-12)9-10-14(15,16)17/h12-13H,2-11H2,1H3. The Balaban J connectivity index is 2.19. The second-order valence-electron chi connectivity index (χ2n) is 5.55. The molecule has 2 unspecified atom stereocenters. The van der Waals surface area contributed by atoms with Gasteiger partial charge in [0.15, 0.2) is 0 Å². The Labute approximate surface area is 103 Å². The summed E-state index contributed by atoms with van der Waals surface area (Å²) in [5, 5.41) is 0. The summed E-state index contributed by atoms with van der Waals surface area (Å²) in [6, 6.07) is 0. The van der Waals surface area contributed by atoms with E-state index in [1.54, 1.807) is 0 Å². The summed E-state index contributed by atoms with van der Waals surface area (Å²) < 4.78 is 36.5. The van der Waals surface area contributed by atoms with Crippen LogP contribution in [0.5, 0.6) is 0 Å². The predicted octanol–water partition coefficient (Wildman–Crippen LogP) is 5.72. The average Bonchev–Trinajstić information content (AvgIpc) is 2.27. The van der Waals surface area contributed by atoms with Crippen LogP contribution in [0.1, 0.15) is 71.1 Å². The van der Waals surface area contributed by atoms with Gasteiger partial charge >= 0.3 is 6.18 Å². The van der Waals surface area contributed by atoms with Gasteiger partial charge in [-0.1, -0.05) is 51.9 Å².